The molecule has 100 valence electrons. The van der Waals surface area contributed by atoms with E-state index in [0.29, 0.717) is 6.04 Å². The molecule has 0 amide bonds. The molecule has 0 aromatic carbocycles. The number of anilines is 1. The molecule has 1 atom stereocenters. The van der Waals surface area contributed by atoms with Gasteiger partial charge in [0.2, 0.25) is 0 Å². The van der Waals surface area contributed by atoms with Crippen LogP contribution in [0.25, 0.3) is 0 Å². The molecule has 1 aromatic rings. The van der Waals surface area contributed by atoms with Gasteiger partial charge < -0.3 is 10.2 Å². The molecule has 2 rings (SSSR count). The second-order valence-corrected chi connectivity index (χ2v) is 5.19. The SMILES string of the molecule is Cc1cncc(NC(C)CN2CCN(C)CC2)n1. The van der Waals surface area contributed by atoms with Gasteiger partial charge in [-0.05, 0) is 20.9 Å². The molecule has 1 unspecified atom stereocenters. The van der Waals surface area contributed by atoms with Crippen molar-refractivity contribution in [1.29, 1.82) is 0 Å². The van der Waals surface area contributed by atoms with Gasteiger partial charge in [0.05, 0.1) is 11.9 Å². The molecular weight excluding hydrogens is 226 g/mol. The molecule has 1 fully saturated rings. The Hall–Kier alpha value is -1.20. The fourth-order valence-corrected chi connectivity index (χ4v) is 2.25. The highest BCUT2D eigenvalue weighted by atomic mass is 15.3. The summed E-state index contributed by atoms with van der Waals surface area (Å²) in [5.74, 6) is 0.872. The maximum atomic E-state index is 4.42. The third-order valence-electron chi connectivity index (χ3n) is 3.28. The number of hydrogen-bond donors (Lipinski definition) is 1. The van der Waals surface area contributed by atoms with E-state index >= 15 is 0 Å². The van der Waals surface area contributed by atoms with Gasteiger partial charge in [0.15, 0.2) is 0 Å². The second kappa shape index (κ2) is 6.11. The minimum Gasteiger partial charge on any atom is -0.365 e. The van der Waals surface area contributed by atoms with E-state index in [2.05, 4.69) is 39.1 Å². The first kappa shape index (κ1) is 13.2. The highest BCUT2D eigenvalue weighted by molar-refractivity contribution is 5.32. The monoisotopic (exact) mass is 249 g/mol. The molecule has 0 spiro atoms. The lowest BCUT2D eigenvalue weighted by atomic mass is 10.2. The van der Waals surface area contributed by atoms with Crippen molar-refractivity contribution in [2.24, 2.45) is 0 Å². The summed E-state index contributed by atoms with van der Waals surface area (Å²) in [6.07, 6.45) is 3.56. The molecule has 0 bridgehead atoms. The summed E-state index contributed by atoms with van der Waals surface area (Å²) in [6, 6.07) is 0.393. The molecule has 1 aliphatic heterocycles. The maximum absolute atomic E-state index is 4.42. The van der Waals surface area contributed by atoms with Crippen molar-refractivity contribution in [1.82, 2.24) is 19.8 Å². The predicted octanol–water partition coefficient (Wildman–Crippen LogP) is 0.833. The molecule has 0 radical (unpaired) electrons. The lowest BCUT2D eigenvalue weighted by Gasteiger charge is -2.34. The summed E-state index contributed by atoms with van der Waals surface area (Å²) in [7, 11) is 2.18. The third-order valence-corrected chi connectivity index (χ3v) is 3.28. The normalized spacial score (nSPS) is 19.7. The minimum atomic E-state index is 0.393. The van der Waals surface area contributed by atoms with E-state index in [1.807, 2.05) is 6.92 Å². The topological polar surface area (TPSA) is 44.3 Å². The molecule has 1 aromatic heterocycles. The highest BCUT2D eigenvalue weighted by Gasteiger charge is 2.16. The number of nitrogens with zero attached hydrogens (tertiary/aromatic N) is 4. The molecule has 0 aliphatic carbocycles. The molecule has 5 heteroatoms. The van der Waals surface area contributed by atoms with Crippen molar-refractivity contribution in [2.45, 2.75) is 19.9 Å². The lowest BCUT2D eigenvalue weighted by Crippen LogP contribution is -2.47. The van der Waals surface area contributed by atoms with Gasteiger partial charge in [-0.1, -0.05) is 0 Å². The lowest BCUT2D eigenvalue weighted by molar-refractivity contribution is 0.151. The molecule has 1 N–H and O–H groups in total. The standard InChI is InChI=1S/C13H23N5/c1-11-8-14-9-13(15-11)16-12(2)10-18-6-4-17(3)5-7-18/h8-9,12H,4-7,10H2,1-3H3,(H,15,16). The van der Waals surface area contributed by atoms with E-state index in [4.69, 9.17) is 0 Å². The van der Waals surface area contributed by atoms with E-state index in [9.17, 15) is 0 Å². The smallest absolute Gasteiger partial charge is 0.145 e. The van der Waals surface area contributed by atoms with Crippen molar-refractivity contribution >= 4 is 5.82 Å². The van der Waals surface area contributed by atoms with Crippen LogP contribution in [0.2, 0.25) is 0 Å². The van der Waals surface area contributed by atoms with Gasteiger partial charge in [-0.15, -0.1) is 0 Å². The summed E-state index contributed by atoms with van der Waals surface area (Å²) in [5.41, 5.74) is 0.951. The van der Waals surface area contributed by atoms with Crippen LogP contribution in [-0.4, -0.2) is 65.6 Å². The van der Waals surface area contributed by atoms with Crippen LogP contribution in [0.1, 0.15) is 12.6 Å². The van der Waals surface area contributed by atoms with E-state index < -0.39 is 0 Å². The van der Waals surface area contributed by atoms with Crippen molar-refractivity contribution in [2.75, 3.05) is 45.1 Å². The average Bonchev–Trinajstić information content (AvgIpc) is 2.32. The van der Waals surface area contributed by atoms with Crippen molar-refractivity contribution < 1.29 is 0 Å². The van der Waals surface area contributed by atoms with Gasteiger partial charge in [-0.3, -0.25) is 9.88 Å². The van der Waals surface area contributed by atoms with Crippen LogP contribution < -0.4 is 5.32 Å². The van der Waals surface area contributed by atoms with Gasteiger partial charge in [-0.2, -0.15) is 0 Å². The predicted molar refractivity (Wildman–Crippen MR) is 73.8 cm³/mol. The fourth-order valence-electron chi connectivity index (χ4n) is 2.25. The van der Waals surface area contributed by atoms with Crippen LogP contribution in [0, 0.1) is 6.92 Å². The van der Waals surface area contributed by atoms with Gasteiger partial charge in [-0.25, -0.2) is 4.98 Å². The molecular formula is C13H23N5. The maximum Gasteiger partial charge on any atom is 0.145 e. The van der Waals surface area contributed by atoms with Gasteiger partial charge in [0.25, 0.3) is 0 Å². The molecule has 2 heterocycles. The Morgan fingerprint density at radius 3 is 2.67 bits per heavy atom. The Morgan fingerprint density at radius 1 is 1.28 bits per heavy atom. The van der Waals surface area contributed by atoms with Gasteiger partial charge in [0.1, 0.15) is 5.82 Å². The first-order valence-electron chi connectivity index (χ1n) is 6.59. The summed E-state index contributed by atoms with van der Waals surface area (Å²) >= 11 is 0. The van der Waals surface area contributed by atoms with Gasteiger partial charge in [0, 0.05) is 45.0 Å². The average molecular weight is 249 g/mol. The second-order valence-electron chi connectivity index (χ2n) is 5.19. The first-order valence-corrected chi connectivity index (χ1v) is 6.59. The Labute approximate surface area is 109 Å². The zero-order chi connectivity index (χ0) is 13.0. The van der Waals surface area contributed by atoms with Crippen LogP contribution in [0.3, 0.4) is 0 Å². The number of aryl methyl sites for hydroxylation is 1. The van der Waals surface area contributed by atoms with E-state index in [0.717, 1.165) is 44.2 Å². The Bertz CT molecular complexity index is 373. The number of nitrogens with one attached hydrogen (secondary N) is 1. The first-order chi connectivity index (χ1) is 8.63. The highest BCUT2D eigenvalue weighted by Crippen LogP contribution is 2.06. The van der Waals surface area contributed by atoms with Crippen LogP contribution >= 0.6 is 0 Å². The zero-order valence-corrected chi connectivity index (χ0v) is 11.6. The number of rotatable bonds is 4. The summed E-state index contributed by atoms with van der Waals surface area (Å²) in [4.78, 5) is 13.4. The van der Waals surface area contributed by atoms with Crippen molar-refractivity contribution in [3.05, 3.63) is 18.1 Å². The molecule has 5 nitrogen and oxygen atoms in total. The van der Waals surface area contributed by atoms with E-state index in [1.165, 1.54) is 0 Å². The van der Waals surface area contributed by atoms with E-state index in [-0.39, 0.29) is 0 Å². The molecule has 18 heavy (non-hydrogen) atoms. The number of likely N-dealkylation sites (N-methyl/N-ethyl adjacent to an activating group) is 1. The number of hydrogen-bond acceptors (Lipinski definition) is 5. The Balaban J connectivity index is 1.80. The Morgan fingerprint density at radius 2 is 2.00 bits per heavy atom. The largest absolute Gasteiger partial charge is 0.365 e. The van der Waals surface area contributed by atoms with E-state index in [1.54, 1.807) is 12.4 Å². The zero-order valence-electron chi connectivity index (χ0n) is 11.6. The molecule has 1 saturated heterocycles. The fraction of sp³-hybridized carbons (Fsp3) is 0.692. The molecule has 0 saturated carbocycles. The van der Waals surface area contributed by atoms with Crippen LogP contribution in [0.5, 0.6) is 0 Å². The molecule has 1 aliphatic rings. The van der Waals surface area contributed by atoms with Crippen LogP contribution in [0.4, 0.5) is 5.82 Å². The minimum absolute atomic E-state index is 0.393. The van der Waals surface area contributed by atoms with Crippen LogP contribution in [0.15, 0.2) is 12.4 Å². The van der Waals surface area contributed by atoms with Crippen molar-refractivity contribution in [3.63, 3.8) is 0 Å². The van der Waals surface area contributed by atoms with Crippen LogP contribution in [-0.2, 0) is 0 Å². The quantitative estimate of drug-likeness (QED) is 0.856. The number of aromatic nitrogens is 2. The Kier molecular flexibility index (Phi) is 4.49. The summed E-state index contributed by atoms with van der Waals surface area (Å²) < 4.78 is 0. The summed E-state index contributed by atoms with van der Waals surface area (Å²) in [6.45, 7) is 9.85. The van der Waals surface area contributed by atoms with Gasteiger partial charge >= 0.3 is 0 Å². The number of piperazine rings is 1. The van der Waals surface area contributed by atoms with Crippen molar-refractivity contribution in [3.8, 4) is 0 Å². The third kappa shape index (κ3) is 3.92. The summed E-state index contributed by atoms with van der Waals surface area (Å²) in [5, 5.41) is 3.41.